The molecule has 0 atom stereocenters. The number of benzene rings is 1. The number of thioether (sulfide) groups is 2. The second-order valence-electron chi connectivity index (χ2n) is 4.38. The summed E-state index contributed by atoms with van der Waals surface area (Å²) in [5, 5.41) is 5.05. The van der Waals surface area contributed by atoms with Gasteiger partial charge in [-0.3, -0.25) is 9.59 Å². The molecular weight excluding hydrogens is 350 g/mol. The van der Waals surface area contributed by atoms with Crippen molar-refractivity contribution >= 4 is 62.3 Å². The third-order valence-corrected chi connectivity index (χ3v) is 5.52. The minimum absolute atomic E-state index is 0.166. The largest absolute Gasteiger partial charge is 0.301 e. The maximum atomic E-state index is 11.9. The van der Waals surface area contributed by atoms with Crippen molar-refractivity contribution in [2.45, 2.75) is 0 Å². The lowest BCUT2D eigenvalue weighted by Gasteiger charge is -2.00. The smallest absolute Gasteiger partial charge is 0.285 e. The third-order valence-electron chi connectivity index (χ3n) is 2.70. The summed E-state index contributed by atoms with van der Waals surface area (Å²) in [4.78, 5) is 32.2. The number of nitrogens with zero attached hydrogens (tertiary/aromatic N) is 2. The van der Waals surface area contributed by atoms with Gasteiger partial charge < -0.3 is 5.32 Å². The Bertz CT molecular complexity index is 771. The highest BCUT2D eigenvalue weighted by Gasteiger charge is 2.22. The zero-order valence-electron chi connectivity index (χ0n) is 11.8. The molecular formula is C15H11N3O2S3. The van der Waals surface area contributed by atoms with Crippen molar-refractivity contribution in [3.05, 3.63) is 52.4 Å². The molecule has 1 N–H and O–H groups in total. The number of carbonyl (C=O) groups excluding carboxylic acids is 2. The Kier molecular flexibility index (Phi) is 5.27. The number of anilines is 1. The van der Waals surface area contributed by atoms with Gasteiger partial charge in [-0.1, -0.05) is 53.9 Å². The molecule has 0 unspecified atom stereocenters. The Morgan fingerprint density at radius 1 is 1.30 bits per heavy atom. The molecule has 1 aromatic heterocycles. The van der Waals surface area contributed by atoms with Gasteiger partial charge in [0, 0.05) is 11.6 Å². The van der Waals surface area contributed by atoms with Crippen LogP contribution in [0, 0.1) is 0 Å². The van der Waals surface area contributed by atoms with Crippen LogP contribution in [-0.2, 0) is 9.59 Å². The molecule has 116 valence electrons. The molecule has 0 bridgehead atoms. The van der Waals surface area contributed by atoms with E-state index in [0.29, 0.717) is 14.4 Å². The van der Waals surface area contributed by atoms with Gasteiger partial charge in [-0.15, -0.1) is 11.3 Å². The van der Waals surface area contributed by atoms with E-state index in [9.17, 15) is 9.59 Å². The van der Waals surface area contributed by atoms with Crippen molar-refractivity contribution in [2.24, 2.45) is 4.99 Å². The van der Waals surface area contributed by atoms with Crippen LogP contribution < -0.4 is 5.32 Å². The van der Waals surface area contributed by atoms with E-state index in [-0.39, 0.29) is 17.6 Å². The van der Waals surface area contributed by atoms with Crippen LogP contribution >= 0.6 is 34.9 Å². The molecule has 3 rings (SSSR count). The van der Waals surface area contributed by atoms with Gasteiger partial charge in [0.2, 0.25) is 5.91 Å². The van der Waals surface area contributed by atoms with Crippen molar-refractivity contribution < 1.29 is 9.59 Å². The predicted molar refractivity (Wildman–Crippen MR) is 97.7 cm³/mol. The van der Waals surface area contributed by atoms with Crippen molar-refractivity contribution in [2.75, 3.05) is 11.1 Å². The number of amides is 2. The van der Waals surface area contributed by atoms with Crippen molar-refractivity contribution in [3.8, 4) is 0 Å². The van der Waals surface area contributed by atoms with E-state index >= 15 is 0 Å². The molecule has 0 aliphatic carbocycles. The first-order valence-electron chi connectivity index (χ1n) is 6.60. The number of nitrogens with one attached hydrogen (secondary N) is 1. The maximum absolute atomic E-state index is 11.9. The Morgan fingerprint density at radius 3 is 2.87 bits per heavy atom. The first-order valence-corrected chi connectivity index (χ1v) is 9.28. The van der Waals surface area contributed by atoms with Gasteiger partial charge in [-0.25, -0.2) is 4.98 Å². The molecule has 8 heteroatoms. The molecule has 0 saturated heterocycles. The fourth-order valence-electron chi connectivity index (χ4n) is 1.72. The number of carbonyl (C=O) groups is 2. The van der Waals surface area contributed by atoms with Gasteiger partial charge in [0.05, 0.1) is 10.7 Å². The molecule has 5 nitrogen and oxygen atoms in total. The molecule has 0 spiro atoms. The predicted octanol–water partition coefficient (Wildman–Crippen LogP) is 3.49. The fourth-order valence-corrected chi connectivity index (χ4v) is 4.07. The third kappa shape index (κ3) is 4.54. The summed E-state index contributed by atoms with van der Waals surface area (Å²) in [6.45, 7) is 0. The number of hydrogen-bond donors (Lipinski definition) is 1. The average molecular weight is 361 g/mol. The molecule has 23 heavy (non-hydrogen) atoms. The van der Waals surface area contributed by atoms with Crippen LogP contribution in [0.15, 0.2) is 51.8 Å². The first-order chi connectivity index (χ1) is 11.2. The average Bonchev–Trinajstić information content (AvgIpc) is 3.17. The monoisotopic (exact) mass is 361 g/mol. The molecule has 0 fully saturated rings. The van der Waals surface area contributed by atoms with Gasteiger partial charge >= 0.3 is 0 Å². The summed E-state index contributed by atoms with van der Waals surface area (Å²) < 4.78 is 0.589. The SMILES string of the molecule is O=C(CSC1=NC(=O)/C(=C\c2ccccc2)S1)Nc1nccs1. The summed E-state index contributed by atoms with van der Waals surface area (Å²) in [6, 6.07) is 9.59. The van der Waals surface area contributed by atoms with Gasteiger partial charge in [0.1, 0.15) is 4.38 Å². The van der Waals surface area contributed by atoms with Crippen LogP contribution in [0.25, 0.3) is 6.08 Å². The van der Waals surface area contributed by atoms with E-state index in [1.165, 1.54) is 34.9 Å². The minimum atomic E-state index is -0.262. The number of aliphatic imine (C=N–C) groups is 1. The Balaban J connectivity index is 1.54. The van der Waals surface area contributed by atoms with E-state index in [1.807, 2.05) is 30.3 Å². The molecule has 2 amide bonds. The van der Waals surface area contributed by atoms with E-state index in [4.69, 9.17) is 0 Å². The van der Waals surface area contributed by atoms with E-state index in [2.05, 4.69) is 15.3 Å². The summed E-state index contributed by atoms with van der Waals surface area (Å²) >= 11 is 3.90. The lowest BCUT2D eigenvalue weighted by atomic mass is 10.2. The number of rotatable bonds is 4. The van der Waals surface area contributed by atoms with E-state index in [0.717, 1.165) is 5.56 Å². The summed E-state index contributed by atoms with van der Waals surface area (Å²) in [6.07, 6.45) is 3.43. The quantitative estimate of drug-likeness (QED) is 0.844. The van der Waals surface area contributed by atoms with Crippen LogP contribution in [0.5, 0.6) is 0 Å². The maximum Gasteiger partial charge on any atom is 0.285 e. The second-order valence-corrected chi connectivity index (χ2v) is 7.53. The Hall–Kier alpha value is -1.90. The molecule has 1 aliphatic heterocycles. The Labute approximate surface area is 145 Å². The summed E-state index contributed by atoms with van der Waals surface area (Å²) in [7, 11) is 0. The van der Waals surface area contributed by atoms with Crippen LogP contribution in [0.4, 0.5) is 5.13 Å². The minimum Gasteiger partial charge on any atom is -0.301 e. The molecule has 1 aliphatic rings. The molecule has 2 aromatic rings. The van der Waals surface area contributed by atoms with Gasteiger partial charge in [0.15, 0.2) is 5.13 Å². The molecule has 2 heterocycles. The summed E-state index contributed by atoms with van der Waals surface area (Å²) in [5.41, 5.74) is 0.950. The number of aromatic nitrogens is 1. The zero-order chi connectivity index (χ0) is 16.1. The molecule has 1 aromatic carbocycles. The lowest BCUT2D eigenvalue weighted by molar-refractivity contribution is -0.114. The lowest BCUT2D eigenvalue weighted by Crippen LogP contribution is -2.14. The number of hydrogen-bond acceptors (Lipinski definition) is 6. The zero-order valence-corrected chi connectivity index (χ0v) is 14.2. The van der Waals surface area contributed by atoms with Crippen LogP contribution in [0.3, 0.4) is 0 Å². The van der Waals surface area contributed by atoms with Crippen LogP contribution in [-0.4, -0.2) is 26.9 Å². The van der Waals surface area contributed by atoms with E-state index < -0.39 is 0 Å². The van der Waals surface area contributed by atoms with E-state index in [1.54, 1.807) is 17.7 Å². The Morgan fingerprint density at radius 2 is 2.13 bits per heavy atom. The standard InChI is InChI=1S/C15H11N3O2S3/c19-12(17-14-16-6-7-21-14)9-22-15-18-13(20)11(23-15)8-10-4-2-1-3-5-10/h1-8H,9H2,(H,16,17,19)/b11-8+. The number of thiazole rings is 1. The van der Waals surface area contributed by atoms with Gasteiger partial charge in [-0.2, -0.15) is 4.99 Å². The fraction of sp³-hybridized carbons (Fsp3) is 0.0667. The highest BCUT2D eigenvalue weighted by atomic mass is 32.2. The van der Waals surface area contributed by atoms with Crippen LogP contribution in [0.1, 0.15) is 5.56 Å². The second kappa shape index (κ2) is 7.58. The van der Waals surface area contributed by atoms with Crippen molar-refractivity contribution in [1.82, 2.24) is 4.98 Å². The first kappa shape index (κ1) is 16.0. The highest BCUT2D eigenvalue weighted by Crippen LogP contribution is 2.33. The summed E-state index contributed by atoms with van der Waals surface area (Å²) in [5.74, 6) is -0.236. The normalized spacial score (nSPS) is 15.7. The molecule has 0 radical (unpaired) electrons. The topological polar surface area (TPSA) is 71.4 Å². The van der Waals surface area contributed by atoms with Gasteiger partial charge in [-0.05, 0) is 11.6 Å². The van der Waals surface area contributed by atoms with Crippen molar-refractivity contribution in [1.29, 1.82) is 0 Å². The van der Waals surface area contributed by atoms with Crippen molar-refractivity contribution in [3.63, 3.8) is 0 Å². The molecule has 0 saturated carbocycles. The highest BCUT2D eigenvalue weighted by molar-refractivity contribution is 8.41. The van der Waals surface area contributed by atoms with Crippen LogP contribution in [0.2, 0.25) is 0 Å². The van der Waals surface area contributed by atoms with Gasteiger partial charge in [0.25, 0.3) is 5.91 Å².